The maximum absolute atomic E-state index is 12.4. The monoisotopic (exact) mass is 207 g/mol. The molecule has 2 aliphatic rings. The minimum atomic E-state index is -3.96. The molecule has 1 saturated carbocycles. The van der Waals surface area contributed by atoms with Gasteiger partial charge >= 0.3 is 6.18 Å². The van der Waals surface area contributed by atoms with Crippen molar-refractivity contribution in [1.29, 1.82) is 0 Å². The molecule has 0 atom stereocenters. The van der Waals surface area contributed by atoms with E-state index in [1.165, 1.54) is 0 Å². The Bertz CT molecular complexity index is 196. The Morgan fingerprint density at radius 3 is 2.14 bits per heavy atom. The normalized spacial score (nSPS) is 39.2. The third-order valence-corrected chi connectivity index (χ3v) is 3.84. The minimum absolute atomic E-state index is 0.210. The van der Waals surface area contributed by atoms with Crippen LogP contribution in [-0.4, -0.2) is 19.3 Å². The van der Waals surface area contributed by atoms with Crippen LogP contribution in [0.1, 0.15) is 32.1 Å². The summed E-state index contributed by atoms with van der Waals surface area (Å²) in [4.78, 5) is 0. The molecule has 2 fully saturated rings. The molecule has 1 aliphatic heterocycles. The van der Waals surface area contributed by atoms with Crippen LogP contribution in [-0.2, 0) is 0 Å². The Balaban J connectivity index is 1.92. The fourth-order valence-electron chi connectivity index (χ4n) is 2.78. The van der Waals surface area contributed by atoms with Crippen LogP contribution in [0.4, 0.5) is 13.2 Å². The van der Waals surface area contributed by atoms with E-state index in [1.54, 1.807) is 0 Å². The quantitative estimate of drug-likeness (QED) is 0.644. The molecule has 0 aromatic heterocycles. The van der Waals surface area contributed by atoms with Gasteiger partial charge in [-0.2, -0.15) is 13.2 Å². The number of halogens is 3. The maximum atomic E-state index is 12.4. The molecule has 1 saturated heterocycles. The van der Waals surface area contributed by atoms with Crippen LogP contribution in [0, 0.1) is 11.3 Å². The first kappa shape index (κ1) is 10.3. The van der Waals surface area contributed by atoms with Gasteiger partial charge in [0.25, 0.3) is 0 Å². The van der Waals surface area contributed by atoms with E-state index in [-0.39, 0.29) is 5.41 Å². The molecule has 1 spiro atoms. The number of alkyl halides is 3. The van der Waals surface area contributed by atoms with Gasteiger partial charge in [-0.05, 0) is 44.1 Å². The van der Waals surface area contributed by atoms with E-state index in [9.17, 15) is 13.2 Å². The van der Waals surface area contributed by atoms with Crippen LogP contribution in [0.15, 0.2) is 0 Å². The third kappa shape index (κ3) is 1.90. The maximum Gasteiger partial charge on any atom is 0.391 e. The van der Waals surface area contributed by atoms with E-state index in [1.807, 2.05) is 0 Å². The molecule has 1 aliphatic carbocycles. The summed E-state index contributed by atoms with van der Waals surface area (Å²) in [6, 6.07) is 0. The van der Waals surface area contributed by atoms with E-state index in [0.29, 0.717) is 12.8 Å². The van der Waals surface area contributed by atoms with E-state index >= 15 is 0 Å². The first-order valence-corrected chi connectivity index (χ1v) is 5.29. The Hall–Kier alpha value is -0.250. The van der Waals surface area contributed by atoms with Crippen molar-refractivity contribution in [1.82, 2.24) is 5.32 Å². The zero-order chi connectivity index (χ0) is 10.2. The van der Waals surface area contributed by atoms with Gasteiger partial charge in [-0.25, -0.2) is 0 Å². The van der Waals surface area contributed by atoms with Crippen LogP contribution < -0.4 is 5.32 Å². The van der Waals surface area contributed by atoms with E-state index < -0.39 is 12.1 Å². The second-order valence-electron chi connectivity index (χ2n) is 4.74. The lowest BCUT2D eigenvalue weighted by Crippen LogP contribution is -2.34. The summed E-state index contributed by atoms with van der Waals surface area (Å²) in [5.41, 5.74) is 0.210. The van der Waals surface area contributed by atoms with E-state index in [2.05, 4.69) is 5.32 Å². The van der Waals surface area contributed by atoms with Crippen molar-refractivity contribution in [3.8, 4) is 0 Å². The second kappa shape index (κ2) is 3.40. The first-order chi connectivity index (χ1) is 6.52. The van der Waals surface area contributed by atoms with Crippen molar-refractivity contribution in [3.63, 3.8) is 0 Å². The highest BCUT2D eigenvalue weighted by Gasteiger charge is 2.46. The molecule has 2 rings (SSSR count). The van der Waals surface area contributed by atoms with Gasteiger partial charge in [-0.1, -0.05) is 0 Å². The summed E-state index contributed by atoms with van der Waals surface area (Å²) < 4.78 is 37.2. The smallest absolute Gasteiger partial charge is 0.316 e. The second-order valence-corrected chi connectivity index (χ2v) is 4.74. The highest BCUT2D eigenvalue weighted by molar-refractivity contribution is 4.92. The fraction of sp³-hybridized carbons (Fsp3) is 1.00. The fourth-order valence-corrected chi connectivity index (χ4v) is 2.78. The number of rotatable bonds is 0. The lowest BCUT2D eigenvalue weighted by Gasteiger charge is -2.37. The average molecular weight is 207 g/mol. The number of hydrogen-bond donors (Lipinski definition) is 1. The van der Waals surface area contributed by atoms with Gasteiger partial charge in [-0.3, -0.25) is 0 Å². The van der Waals surface area contributed by atoms with Crippen molar-refractivity contribution in [2.24, 2.45) is 11.3 Å². The van der Waals surface area contributed by atoms with Crippen molar-refractivity contribution in [2.75, 3.05) is 13.1 Å². The third-order valence-electron chi connectivity index (χ3n) is 3.84. The van der Waals surface area contributed by atoms with Gasteiger partial charge in [0.2, 0.25) is 0 Å². The predicted molar refractivity (Wildman–Crippen MR) is 47.9 cm³/mol. The van der Waals surface area contributed by atoms with Gasteiger partial charge in [0.15, 0.2) is 0 Å². The zero-order valence-corrected chi connectivity index (χ0v) is 8.16. The summed E-state index contributed by atoms with van der Waals surface area (Å²) in [7, 11) is 0. The molecule has 82 valence electrons. The minimum Gasteiger partial charge on any atom is -0.316 e. The molecule has 0 bridgehead atoms. The Kier molecular flexibility index (Phi) is 2.50. The molecule has 1 N–H and O–H groups in total. The van der Waals surface area contributed by atoms with Gasteiger partial charge in [0, 0.05) is 6.54 Å². The summed E-state index contributed by atoms with van der Waals surface area (Å²) >= 11 is 0. The Labute approximate surface area is 82.1 Å². The van der Waals surface area contributed by atoms with E-state index in [4.69, 9.17) is 0 Å². The van der Waals surface area contributed by atoms with Gasteiger partial charge < -0.3 is 5.32 Å². The van der Waals surface area contributed by atoms with Crippen molar-refractivity contribution in [3.05, 3.63) is 0 Å². The molecule has 14 heavy (non-hydrogen) atoms. The standard InChI is InChI=1S/C10H16F3N/c11-10(12,13)8-1-3-9(4-2-8)5-6-14-7-9/h8,14H,1-7H2. The highest BCUT2D eigenvalue weighted by Crippen LogP contribution is 2.47. The lowest BCUT2D eigenvalue weighted by atomic mass is 9.70. The molecule has 0 radical (unpaired) electrons. The Morgan fingerprint density at radius 2 is 1.71 bits per heavy atom. The molecular weight excluding hydrogens is 191 g/mol. The topological polar surface area (TPSA) is 12.0 Å². The van der Waals surface area contributed by atoms with Gasteiger partial charge in [0.05, 0.1) is 5.92 Å². The van der Waals surface area contributed by atoms with Gasteiger partial charge in [-0.15, -0.1) is 0 Å². The van der Waals surface area contributed by atoms with E-state index in [0.717, 1.165) is 32.4 Å². The zero-order valence-electron chi connectivity index (χ0n) is 8.16. The summed E-state index contributed by atoms with van der Waals surface area (Å²) in [5.74, 6) is -1.03. The molecule has 0 amide bonds. The number of nitrogens with one attached hydrogen (secondary N) is 1. The Morgan fingerprint density at radius 1 is 1.07 bits per heavy atom. The largest absolute Gasteiger partial charge is 0.391 e. The molecule has 4 heteroatoms. The highest BCUT2D eigenvalue weighted by atomic mass is 19.4. The van der Waals surface area contributed by atoms with Crippen molar-refractivity contribution < 1.29 is 13.2 Å². The van der Waals surface area contributed by atoms with Crippen LogP contribution in [0.2, 0.25) is 0 Å². The van der Waals surface area contributed by atoms with Gasteiger partial charge in [0.1, 0.15) is 0 Å². The SMILES string of the molecule is FC(F)(F)C1CCC2(CCNC2)CC1. The molecule has 0 unspecified atom stereocenters. The first-order valence-electron chi connectivity index (χ1n) is 5.29. The lowest BCUT2D eigenvalue weighted by molar-refractivity contribution is -0.186. The van der Waals surface area contributed by atoms with Crippen LogP contribution in [0.3, 0.4) is 0 Å². The molecule has 0 aromatic carbocycles. The van der Waals surface area contributed by atoms with Crippen molar-refractivity contribution >= 4 is 0 Å². The van der Waals surface area contributed by atoms with Crippen molar-refractivity contribution in [2.45, 2.75) is 38.3 Å². The summed E-state index contributed by atoms with van der Waals surface area (Å²) in [6.07, 6.45) is -0.712. The molecule has 0 aromatic rings. The molecule has 1 nitrogen and oxygen atoms in total. The predicted octanol–water partition coefficient (Wildman–Crippen LogP) is 2.72. The van der Waals surface area contributed by atoms with Crippen LogP contribution in [0.5, 0.6) is 0 Å². The number of hydrogen-bond acceptors (Lipinski definition) is 1. The average Bonchev–Trinajstić information content (AvgIpc) is 2.53. The van der Waals surface area contributed by atoms with Crippen LogP contribution >= 0.6 is 0 Å². The molecular formula is C10H16F3N. The molecule has 1 heterocycles. The summed E-state index contributed by atoms with van der Waals surface area (Å²) in [5, 5.41) is 3.26. The van der Waals surface area contributed by atoms with Crippen LogP contribution in [0.25, 0.3) is 0 Å². The summed E-state index contributed by atoms with van der Waals surface area (Å²) in [6.45, 7) is 1.91.